The van der Waals surface area contributed by atoms with Crippen LogP contribution in [0.5, 0.6) is 11.5 Å². The van der Waals surface area contributed by atoms with Crippen molar-refractivity contribution in [3.8, 4) is 11.5 Å². The van der Waals surface area contributed by atoms with Crippen LogP contribution >= 0.6 is 0 Å². The highest BCUT2D eigenvalue weighted by Crippen LogP contribution is 2.32. The smallest absolute Gasteiger partial charge is 0.231 e. The monoisotopic (exact) mass is 289 g/mol. The Hall–Kier alpha value is -2.11. The maximum Gasteiger partial charge on any atom is 0.231 e. The van der Waals surface area contributed by atoms with Gasteiger partial charge < -0.3 is 19.9 Å². The first-order chi connectivity index (χ1) is 10.3. The Morgan fingerprint density at radius 3 is 2.62 bits per heavy atom. The molecule has 0 spiro atoms. The lowest BCUT2D eigenvalue weighted by atomic mass is 10.1. The summed E-state index contributed by atoms with van der Waals surface area (Å²) < 4.78 is 29.9. The van der Waals surface area contributed by atoms with Gasteiger partial charge in [-0.15, -0.1) is 0 Å². The third-order valence-corrected chi connectivity index (χ3v) is 3.32. The Labute approximate surface area is 122 Å². The molecular weight excluding hydrogens is 273 g/mol. The average molecular weight is 289 g/mol. The van der Waals surface area contributed by atoms with E-state index in [0.717, 1.165) is 22.6 Å². The first kappa shape index (κ1) is 13.9. The van der Waals surface area contributed by atoms with Gasteiger partial charge in [0.1, 0.15) is 5.82 Å². The molecule has 0 saturated heterocycles. The zero-order valence-corrected chi connectivity index (χ0v) is 11.5. The fourth-order valence-corrected chi connectivity index (χ4v) is 2.14. The molecule has 3 rings (SSSR count). The van der Waals surface area contributed by atoms with E-state index in [2.05, 4.69) is 0 Å². The van der Waals surface area contributed by atoms with Crippen LogP contribution in [0.3, 0.4) is 0 Å². The predicted octanol–water partition coefficient (Wildman–Crippen LogP) is 2.73. The standard InChI is InChI=1S/C16H16FNO3/c17-14-5-11(7-18)1-3-13(14)9-19-8-12-2-4-15-16(6-12)21-10-20-15/h1-6H,7-10,18H2. The maximum absolute atomic E-state index is 13.8. The van der Waals surface area contributed by atoms with Crippen LogP contribution in [-0.4, -0.2) is 6.79 Å². The lowest BCUT2D eigenvalue weighted by Gasteiger charge is -2.07. The molecule has 2 aromatic rings. The van der Waals surface area contributed by atoms with Gasteiger partial charge in [-0.25, -0.2) is 4.39 Å². The number of hydrogen-bond donors (Lipinski definition) is 1. The van der Waals surface area contributed by atoms with E-state index in [9.17, 15) is 4.39 Å². The summed E-state index contributed by atoms with van der Waals surface area (Å²) in [5.41, 5.74) is 7.72. The molecule has 5 heteroatoms. The average Bonchev–Trinajstić information content (AvgIpc) is 2.96. The van der Waals surface area contributed by atoms with Crippen LogP contribution in [0.1, 0.15) is 16.7 Å². The van der Waals surface area contributed by atoms with Crippen LogP contribution in [-0.2, 0) is 24.5 Å². The molecule has 0 radical (unpaired) electrons. The van der Waals surface area contributed by atoms with E-state index in [1.54, 1.807) is 6.07 Å². The third kappa shape index (κ3) is 3.15. The van der Waals surface area contributed by atoms with Crippen LogP contribution in [0.15, 0.2) is 36.4 Å². The Balaban J connectivity index is 1.58. The summed E-state index contributed by atoms with van der Waals surface area (Å²) in [5, 5.41) is 0. The minimum atomic E-state index is -0.288. The van der Waals surface area contributed by atoms with Gasteiger partial charge >= 0.3 is 0 Å². The number of rotatable bonds is 5. The van der Waals surface area contributed by atoms with Crippen molar-refractivity contribution in [2.24, 2.45) is 5.73 Å². The van der Waals surface area contributed by atoms with Gasteiger partial charge in [0.2, 0.25) is 6.79 Å². The molecule has 0 fully saturated rings. The molecule has 2 aromatic carbocycles. The third-order valence-electron chi connectivity index (χ3n) is 3.32. The Kier molecular flexibility index (Phi) is 4.03. The maximum atomic E-state index is 13.8. The molecule has 0 unspecified atom stereocenters. The highest BCUT2D eigenvalue weighted by molar-refractivity contribution is 5.44. The van der Waals surface area contributed by atoms with Gasteiger partial charge in [0.25, 0.3) is 0 Å². The summed E-state index contributed by atoms with van der Waals surface area (Å²) >= 11 is 0. The number of halogens is 1. The predicted molar refractivity (Wildman–Crippen MR) is 75.3 cm³/mol. The van der Waals surface area contributed by atoms with Crippen molar-refractivity contribution in [3.63, 3.8) is 0 Å². The van der Waals surface area contributed by atoms with Gasteiger partial charge in [-0.05, 0) is 29.3 Å². The number of hydrogen-bond acceptors (Lipinski definition) is 4. The van der Waals surface area contributed by atoms with Crippen molar-refractivity contribution in [1.29, 1.82) is 0 Å². The van der Waals surface area contributed by atoms with Gasteiger partial charge in [0, 0.05) is 12.1 Å². The first-order valence-corrected chi connectivity index (χ1v) is 6.70. The molecule has 0 atom stereocenters. The van der Waals surface area contributed by atoms with Gasteiger partial charge in [-0.1, -0.05) is 18.2 Å². The van der Waals surface area contributed by atoms with E-state index in [4.69, 9.17) is 19.9 Å². The quantitative estimate of drug-likeness (QED) is 0.919. The van der Waals surface area contributed by atoms with Crippen LogP contribution < -0.4 is 15.2 Å². The molecule has 0 amide bonds. The van der Waals surface area contributed by atoms with Gasteiger partial charge in [-0.3, -0.25) is 0 Å². The van der Waals surface area contributed by atoms with E-state index >= 15 is 0 Å². The van der Waals surface area contributed by atoms with E-state index in [-0.39, 0.29) is 19.2 Å². The fourth-order valence-electron chi connectivity index (χ4n) is 2.14. The molecule has 0 aliphatic carbocycles. The molecule has 1 aliphatic rings. The van der Waals surface area contributed by atoms with Crippen molar-refractivity contribution >= 4 is 0 Å². The fraction of sp³-hybridized carbons (Fsp3) is 0.250. The van der Waals surface area contributed by atoms with Gasteiger partial charge in [0.05, 0.1) is 13.2 Å². The molecule has 0 bridgehead atoms. The summed E-state index contributed by atoms with van der Waals surface area (Å²) in [5.74, 6) is 1.17. The molecule has 0 saturated carbocycles. The second kappa shape index (κ2) is 6.11. The SMILES string of the molecule is NCc1ccc(COCc2ccc3c(c2)OCO3)c(F)c1. The van der Waals surface area contributed by atoms with E-state index < -0.39 is 0 Å². The van der Waals surface area contributed by atoms with E-state index in [1.807, 2.05) is 24.3 Å². The molecule has 1 heterocycles. The molecule has 1 aliphatic heterocycles. The number of nitrogens with two attached hydrogens (primary N) is 1. The number of ether oxygens (including phenoxy) is 3. The summed E-state index contributed by atoms with van der Waals surface area (Å²) in [6.07, 6.45) is 0. The van der Waals surface area contributed by atoms with E-state index in [0.29, 0.717) is 18.7 Å². The number of benzene rings is 2. The topological polar surface area (TPSA) is 53.7 Å². The van der Waals surface area contributed by atoms with Crippen LogP contribution in [0.2, 0.25) is 0 Å². The lowest BCUT2D eigenvalue weighted by molar-refractivity contribution is 0.104. The van der Waals surface area contributed by atoms with Crippen molar-refractivity contribution < 1.29 is 18.6 Å². The zero-order valence-electron chi connectivity index (χ0n) is 11.5. The molecule has 4 nitrogen and oxygen atoms in total. The molecular formula is C16H16FNO3. The minimum absolute atomic E-state index is 0.213. The molecule has 21 heavy (non-hydrogen) atoms. The van der Waals surface area contributed by atoms with Crippen LogP contribution in [0.25, 0.3) is 0 Å². The zero-order chi connectivity index (χ0) is 14.7. The van der Waals surface area contributed by atoms with Crippen molar-refractivity contribution in [2.45, 2.75) is 19.8 Å². The highest BCUT2D eigenvalue weighted by atomic mass is 19.1. The number of fused-ring (bicyclic) bond motifs is 1. The summed E-state index contributed by atoms with van der Waals surface area (Å²) in [7, 11) is 0. The lowest BCUT2D eigenvalue weighted by Crippen LogP contribution is -2.01. The molecule has 0 aromatic heterocycles. The van der Waals surface area contributed by atoms with Gasteiger partial charge in [-0.2, -0.15) is 0 Å². The van der Waals surface area contributed by atoms with E-state index in [1.165, 1.54) is 6.07 Å². The summed E-state index contributed by atoms with van der Waals surface area (Å²) in [4.78, 5) is 0. The Morgan fingerprint density at radius 2 is 1.81 bits per heavy atom. The van der Waals surface area contributed by atoms with Gasteiger partial charge in [0.15, 0.2) is 11.5 Å². The first-order valence-electron chi connectivity index (χ1n) is 6.70. The molecule has 2 N–H and O–H groups in total. The Bertz CT molecular complexity index is 645. The largest absolute Gasteiger partial charge is 0.454 e. The van der Waals surface area contributed by atoms with Crippen LogP contribution in [0.4, 0.5) is 4.39 Å². The summed E-state index contributed by atoms with van der Waals surface area (Å²) in [6, 6.07) is 10.6. The second-order valence-electron chi connectivity index (χ2n) is 4.81. The van der Waals surface area contributed by atoms with Crippen LogP contribution in [0, 0.1) is 5.82 Å². The highest BCUT2D eigenvalue weighted by Gasteiger charge is 2.13. The minimum Gasteiger partial charge on any atom is -0.454 e. The van der Waals surface area contributed by atoms with Crippen molar-refractivity contribution in [2.75, 3.05) is 6.79 Å². The van der Waals surface area contributed by atoms with Crippen molar-refractivity contribution in [3.05, 3.63) is 58.9 Å². The normalized spacial score (nSPS) is 12.7. The summed E-state index contributed by atoms with van der Waals surface area (Å²) in [6.45, 7) is 1.17. The molecule has 110 valence electrons. The Morgan fingerprint density at radius 1 is 1.00 bits per heavy atom. The second-order valence-corrected chi connectivity index (χ2v) is 4.81. The van der Waals surface area contributed by atoms with Crippen molar-refractivity contribution in [1.82, 2.24) is 0 Å².